The number of nitrogens with two attached hydrogens (primary N) is 1. The van der Waals surface area contributed by atoms with E-state index in [1.807, 2.05) is 0 Å². The van der Waals surface area contributed by atoms with Crippen molar-refractivity contribution in [2.24, 2.45) is 5.73 Å². The van der Waals surface area contributed by atoms with Gasteiger partial charge in [-0.25, -0.2) is 8.42 Å². The molecule has 1 aromatic heterocycles. The molecule has 160 valence electrons. The molecule has 2 aromatic carbocycles. The molecule has 0 fully saturated rings. The number of anilines is 2. The van der Waals surface area contributed by atoms with Crippen molar-refractivity contribution in [3.8, 4) is 0 Å². The van der Waals surface area contributed by atoms with Crippen LogP contribution < -0.4 is 15.8 Å². The molecule has 1 heterocycles. The van der Waals surface area contributed by atoms with E-state index in [0.717, 1.165) is 36.1 Å². The number of fused-ring (bicyclic) bond motifs is 1. The standard InChI is InChI=1S/C22H21N3O4S2/c23-20(26)19-17-11-4-5-12-18(17)30-22(19)24-21(27)14-7-6-8-15(13-14)25-31(28,29)16-9-2-1-3-10-16/h1-3,6-10,13,25H,4-5,11-12H2,(H2,23,26)(H,24,27). The van der Waals surface area contributed by atoms with Crippen LogP contribution in [-0.2, 0) is 22.9 Å². The Labute approximate surface area is 184 Å². The first-order valence-electron chi connectivity index (χ1n) is 9.79. The van der Waals surface area contributed by atoms with E-state index in [2.05, 4.69) is 10.0 Å². The fraction of sp³-hybridized carbons (Fsp3) is 0.182. The van der Waals surface area contributed by atoms with Crippen LogP contribution in [0.2, 0.25) is 0 Å². The molecule has 0 saturated carbocycles. The quantitative estimate of drug-likeness (QED) is 0.524. The van der Waals surface area contributed by atoms with Gasteiger partial charge >= 0.3 is 0 Å². The number of thiophene rings is 1. The molecule has 0 spiro atoms. The van der Waals surface area contributed by atoms with Crippen molar-refractivity contribution in [3.63, 3.8) is 0 Å². The van der Waals surface area contributed by atoms with Crippen LogP contribution in [-0.4, -0.2) is 20.2 Å². The molecular formula is C22H21N3O4S2. The summed E-state index contributed by atoms with van der Waals surface area (Å²) >= 11 is 1.38. The number of rotatable bonds is 6. The lowest BCUT2D eigenvalue weighted by Crippen LogP contribution is -2.19. The average Bonchev–Trinajstić information content (AvgIpc) is 3.12. The van der Waals surface area contributed by atoms with E-state index < -0.39 is 21.8 Å². The monoisotopic (exact) mass is 455 g/mol. The van der Waals surface area contributed by atoms with E-state index in [1.165, 1.54) is 29.5 Å². The van der Waals surface area contributed by atoms with Crippen molar-refractivity contribution in [2.45, 2.75) is 30.6 Å². The predicted octanol–water partition coefficient (Wildman–Crippen LogP) is 3.78. The fourth-order valence-corrected chi connectivity index (χ4v) is 5.99. The first-order valence-corrected chi connectivity index (χ1v) is 12.1. The zero-order valence-electron chi connectivity index (χ0n) is 16.6. The van der Waals surface area contributed by atoms with Gasteiger partial charge in [0, 0.05) is 16.1 Å². The molecule has 4 N–H and O–H groups in total. The van der Waals surface area contributed by atoms with Gasteiger partial charge in [0.25, 0.3) is 21.8 Å². The summed E-state index contributed by atoms with van der Waals surface area (Å²) in [5.41, 5.74) is 7.42. The van der Waals surface area contributed by atoms with Gasteiger partial charge in [0.05, 0.1) is 10.5 Å². The van der Waals surface area contributed by atoms with Crippen molar-refractivity contribution < 1.29 is 18.0 Å². The molecule has 31 heavy (non-hydrogen) atoms. The van der Waals surface area contributed by atoms with Crippen LogP contribution in [0.3, 0.4) is 0 Å². The van der Waals surface area contributed by atoms with Crippen LogP contribution in [0.25, 0.3) is 0 Å². The number of benzene rings is 2. The molecule has 0 bridgehead atoms. The van der Waals surface area contributed by atoms with Gasteiger partial charge in [-0.05, 0) is 61.6 Å². The lowest BCUT2D eigenvalue weighted by atomic mass is 9.95. The number of nitrogens with one attached hydrogen (secondary N) is 2. The summed E-state index contributed by atoms with van der Waals surface area (Å²) in [4.78, 5) is 26.1. The molecule has 1 aliphatic carbocycles. The Morgan fingerprint density at radius 3 is 2.45 bits per heavy atom. The summed E-state index contributed by atoms with van der Waals surface area (Å²) in [6.45, 7) is 0. The molecule has 0 aliphatic heterocycles. The van der Waals surface area contributed by atoms with Crippen LogP contribution in [0.1, 0.15) is 44.0 Å². The van der Waals surface area contributed by atoms with Gasteiger partial charge in [-0.15, -0.1) is 11.3 Å². The summed E-state index contributed by atoms with van der Waals surface area (Å²) in [6.07, 6.45) is 3.67. The van der Waals surface area contributed by atoms with Gasteiger partial charge in [0.2, 0.25) is 0 Å². The molecule has 0 saturated heterocycles. The first-order chi connectivity index (χ1) is 14.8. The Hall–Kier alpha value is -3.17. The first kappa shape index (κ1) is 21.1. The molecule has 3 aromatic rings. The smallest absolute Gasteiger partial charge is 0.261 e. The highest BCUT2D eigenvalue weighted by atomic mass is 32.2. The third kappa shape index (κ3) is 4.47. The number of amides is 2. The Morgan fingerprint density at radius 1 is 0.968 bits per heavy atom. The largest absolute Gasteiger partial charge is 0.365 e. The number of aryl methyl sites for hydroxylation is 1. The molecule has 2 amide bonds. The van der Waals surface area contributed by atoms with Crippen LogP contribution in [0, 0.1) is 0 Å². The van der Waals surface area contributed by atoms with Crippen molar-refractivity contribution in [1.82, 2.24) is 0 Å². The maximum Gasteiger partial charge on any atom is 0.261 e. The second kappa shape index (κ2) is 8.52. The van der Waals surface area contributed by atoms with Gasteiger partial charge in [-0.1, -0.05) is 24.3 Å². The maximum atomic E-state index is 12.9. The van der Waals surface area contributed by atoms with Crippen LogP contribution in [0.4, 0.5) is 10.7 Å². The Kier molecular flexibility index (Phi) is 5.79. The number of primary amides is 1. The second-order valence-electron chi connectivity index (χ2n) is 7.23. The highest BCUT2D eigenvalue weighted by Crippen LogP contribution is 2.38. The third-order valence-electron chi connectivity index (χ3n) is 5.08. The van der Waals surface area contributed by atoms with Crippen LogP contribution >= 0.6 is 11.3 Å². The van der Waals surface area contributed by atoms with E-state index in [9.17, 15) is 18.0 Å². The molecule has 0 atom stereocenters. The van der Waals surface area contributed by atoms with Gasteiger partial charge in [0.1, 0.15) is 5.00 Å². The highest BCUT2D eigenvalue weighted by Gasteiger charge is 2.25. The van der Waals surface area contributed by atoms with E-state index in [1.54, 1.807) is 36.4 Å². The summed E-state index contributed by atoms with van der Waals surface area (Å²) in [7, 11) is -3.78. The summed E-state index contributed by atoms with van der Waals surface area (Å²) in [5.74, 6) is -0.999. The minimum absolute atomic E-state index is 0.125. The van der Waals surface area contributed by atoms with Crippen LogP contribution in [0.5, 0.6) is 0 Å². The molecule has 1 aliphatic rings. The van der Waals surface area contributed by atoms with Crippen molar-refractivity contribution in [1.29, 1.82) is 0 Å². The Bertz CT molecular complexity index is 1250. The molecule has 0 radical (unpaired) electrons. The SMILES string of the molecule is NC(=O)c1c(NC(=O)c2cccc(NS(=O)(=O)c3ccccc3)c2)sc2c1CCCC2. The molecule has 0 unspecified atom stereocenters. The minimum Gasteiger partial charge on any atom is -0.365 e. The van der Waals surface area contributed by atoms with Crippen molar-refractivity contribution in [2.75, 3.05) is 10.0 Å². The Morgan fingerprint density at radius 2 is 1.71 bits per heavy atom. The van der Waals surface area contributed by atoms with E-state index in [-0.39, 0.29) is 16.1 Å². The highest BCUT2D eigenvalue weighted by molar-refractivity contribution is 7.92. The van der Waals surface area contributed by atoms with Gasteiger partial charge in [-0.3, -0.25) is 14.3 Å². The second-order valence-corrected chi connectivity index (χ2v) is 10.0. The van der Waals surface area contributed by atoms with E-state index in [0.29, 0.717) is 10.6 Å². The lowest BCUT2D eigenvalue weighted by molar-refractivity contribution is 0.100. The molecular weight excluding hydrogens is 434 g/mol. The van der Waals surface area contributed by atoms with E-state index >= 15 is 0 Å². The topological polar surface area (TPSA) is 118 Å². The fourth-order valence-electron chi connectivity index (χ4n) is 3.63. The van der Waals surface area contributed by atoms with E-state index in [4.69, 9.17) is 5.73 Å². The van der Waals surface area contributed by atoms with Crippen molar-refractivity contribution in [3.05, 3.63) is 76.2 Å². The third-order valence-corrected chi connectivity index (χ3v) is 7.68. The normalized spacial score (nSPS) is 13.3. The summed E-state index contributed by atoms with van der Waals surface area (Å²) in [6, 6.07) is 14.2. The number of carbonyl (C=O) groups excluding carboxylic acids is 2. The number of hydrogen-bond donors (Lipinski definition) is 3. The average molecular weight is 456 g/mol. The lowest BCUT2D eigenvalue weighted by Gasteiger charge is -2.11. The zero-order valence-corrected chi connectivity index (χ0v) is 18.2. The van der Waals surface area contributed by atoms with Gasteiger partial charge in [-0.2, -0.15) is 0 Å². The number of sulfonamides is 1. The van der Waals surface area contributed by atoms with Crippen molar-refractivity contribution >= 4 is 43.9 Å². The summed E-state index contributed by atoms with van der Waals surface area (Å²) in [5, 5.41) is 3.23. The van der Waals surface area contributed by atoms with Gasteiger partial charge < -0.3 is 11.1 Å². The molecule has 7 nitrogen and oxygen atoms in total. The molecule has 4 rings (SSSR count). The zero-order chi connectivity index (χ0) is 22.0. The number of hydrogen-bond acceptors (Lipinski definition) is 5. The summed E-state index contributed by atoms with van der Waals surface area (Å²) < 4.78 is 27.6. The van der Waals surface area contributed by atoms with Gasteiger partial charge in [0.15, 0.2) is 0 Å². The number of carbonyl (C=O) groups is 2. The Balaban J connectivity index is 1.57. The maximum absolute atomic E-state index is 12.9. The molecule has 9 heteroatoms. The van der Waals surface area contributed by atoms with Crippen LogP contribution in [0.15, 0.2) is 59.5 Å². The minimum atomic E-state index is -3.78. The predicted molar refractivity (Wildman–Crippen MR) is 121 cm³/mol.